The highest BCUT2D eigenvalue weighted by Gasteiger charge is 2.49. The van der Waals surface area contributed by atoms with Gasteiger partial charge in [-0.1, -0.05) is 30.7 Å². The number of carboxylic acid groups (broad SMARTS) is 1. The zero-order valence-corrected chi connectivity index (χ0v) is 30.0. The van der Waals surface area contributed by atoms with Gasteiger partial charge in [-0.15, -0.1) is 0 Å². The Balaban J connectivity index is 1.21. The van der Waals surface area contributed by atoms with Crippen LogP contribution in [0.1, 0.15) is 64.2 Å². The highest BCUT2D eigenvalue weighted by molar-refractivity contribution is 7.90. The zero-order valence-electron chi connectivity index (χ0n) is 29.2. The molecule has 1 saturated heterocycles. The van der Waals surface area contributed by atoms with Crippen LogP contribution >= 0.6 is 0 Å². The van der Waals surface area contributed by atoms with Gasteiger partial charge in [0, 0.05) is 54.9 Å². The average molecular weight is 754 g/mol. The van der Waals surface area contributed by atoms with E-state index in [2.05, 4.69) is 15.0 Å². The fourth-order valence-corrected chi connectivity index (χ4v) is 8.70. The van der Waals surface area contributed by atoms with Crippen molar-refractivity contribution in [3.8, 4) is 17.1 Å². The Hall–Kier alpha value is -5.64. The first kappa shape index (κ1) is 35.4. The van der Waals surface area contributed by atoms with Crippen LogP contribution in [0.5, 0.6) is 5.88 Å². The molecule has 2 aliphatic carbocycles. The summed E-state index contributed by atoms with van der Waals surface area (Å²) in [4.78, 5) is 72.3. The molecule has 2 fully saturated rings. The maximum atomic E-state index is 14.1. The van der Waals surface area contributed by atoms with Crippen LogP contribution in [-0.4, -0.2) is 86.8 Å². The van der Waals surface area contributed by atoms with E-state index < -0.39 is 57.4 Å². The number of sulfonamides is 1. The second kappa shape index (κ2) is 14.3. The van der Waals surface area contributed by atoms with Gasteiger partial charge in [0.1, 0.15) is 5.69 Å². The van der Waals surface area contributed by atoms with Gasteiger partial charge in [0.15, 0.2) is 12.0 Å². The van der Waals surface area contributed by atoms with Crippen molar-refractivity contribution < 1.29 is 37.4 Å². The van der Waals surface area contributed by atoms with Gasteiger partial charge in [-0.05, 0) is 67.3 Å². The molecule has 16 heteroatoms. The zero-order chi connectivity index (χ0) is 37.6. The summed E-state index contributed by atoms with van der Waals surface area (Å²) in [5.74, 6) is -2.77. The Morgan fingerprint density at radius 3 is 2.54 bits per heavy atom. The number of allylic oxidation sites excluding steroid dienone is 2. The molecule has 54 heavy (non-hydrogen) atoms. The van der Waals surface area contributed by atoms with E-state index in [9.17, 15) is 32.7 Å². The number of nitrogens with one attached hydrogen (secondary N) is 3. The summed E-state index contributed by atoms with van der Waals surface area (Å²) in [7, 11) is -3.92. The Labute approximate surface area is 310 Å². The van der Waals surface area contributed by atoms with Crippen LogP contribution in [0.25, 0.3) is 33.2 Å². The second-order valence-corrected chi connectivity index (χ2v) is 16.3. The number of hydrogen-bond acceptors (Lipinski definition) is 10. The van der Waals surface area contributed by atoms with Crippen molar-refractivity contribution in [1.29, 1.82) is 0 Å². The van der Waals surface area contributed by atoms with Crippen molar-refractivity contribution in [2.24, 2.45) is 10.9 Å². The van der Waals surface area contributed by atoms with E-state index in [0.29, 0.717) is 60.8 Å². The number of nitrogens with zero attached hydrogens (tertiary/aromatic N) is 4. The molecule has 1 saturated carbocycles. The number of carbonyl (C=O) groups excluding carboxylic acids is 3. The number of fused-ring (bicyclic) bond motifs is 3. The summed E-state index contributed by atoms with van der Waals surface area (Å²) in [6.45, 7) is 0. The number of ether oxygens (including phenoxy) is 1. The fourth-order valence-electron chi connectivity index (χ4n) is 7.34. The summed E-state index contributed by atoms with van der Waals surface area (Å²) < 4.78 is 34.6. The van der Waals surface area contributed by atoms with E-state index in [-0.39, 0.29) is 30.9 Å². The number of aromatic amines is 1. The molecule has 2 aromatic heterocycles. The monoisotopic (exact) mass is 753 g/mol. The quantitative estimate of drug-likeness (QED) is 0.206. The number of benzene rings is 2. The Kier molecular flexibility index (Phi) is 9.37. The lowest BCUT2D eigenvalue weighted by atomic mass is 9.99. The number of rotatable bonds is 7. The van der Waals surface area contributed by atoms with Gasteiger partial charge in [0.25, 0.3) is 0 Å². The summed E-state index contributed by atoms with van der Waals surface area (Å²) >= 11 is 0. The van der Waals surface area contributed by atoms with Gasteiger partial charge < -0.3 is 20.1 Å². The molecule has 0 spiro atoms. The average Bonchev–Trinajstić information content (AvgIpc) is 4.06. The number of aliphatic imine (C=N–C) groups is 1. The van der Waals surface area contributed by atoms with E-state index in [1.807, 2.05) is 42.6 Å². The number of hydrogen-bond donors (Lipinski definition) is 4. The van der Waals surface area contributed by atoms with Gasteiger partial charge in [0.05, 0.1) is 34.3 Å². The molecule has 4 heterocycles. The first-order valence-corrected chi connectivity index (χ1v) is 19.7. The van der Waals surface area contributed by atoms with Crippen LogP contribution in [-0.2, 0) is 24.4 Å². The number of para-hydroxylation sites is 2. The predicted octanol–water partition coefficient (Wildman–Crippen LogP) is 4.60. The van der Waals surface area contributed by atoms with Gasteiger partial charge in [-0.3, -0.25) is 29.0 Å². The Bertz CT molecular complexity index is 2350. The van der Waals surface area contributed by atoms with Crippen molar-refractivity contribution in [2.75, 3.05) is 0 Å². The molecule has 4 aromatic rings. The lowest BCUT2D eigenvalue weighted by Crippen LogP contribution is -2.50. The largest absolute Gasteiger partial charge is 0.465 e. The predicted molar refractivity (Wildman–Crippen MR) is 198 cm³/mol. The van der Waals surface area contributed by atoms with Crippen molar-refractivity contribution in [1.82, 2.24) is 29.9 Å². The molecule has 8 rings (SSSR count). The van der Waals surface area contributed by atoms with Gasteiger partial charge >= 0.3 is 6.09 Å². The van der Waals surface area contributed by atoms with Gasteiger partial charge in [-0.25, -0.2) is 23.2 Å². The summed E-state index contributed by atoms with van der Waals surface area (Å²) in [5, 5.41) is 12.2. The first-order chi connectivity index (χ1) is 26.0. The van der Waals surface area contributed by atoms with Crippen LogP contribution in [0.3, 0.4) is 0 Å². The van der Waals surface area contributed by atoms with E-state index in [4.69, 9.17) is 19.7 Å². The fraction of sp³-hybridized carbons (Fsp3) is 0.395. The van der Waals surface area contributed by atoms with E-state index in [1.165, 1.54) is 11.1 Å². The van der Waals surface area contributed by atoms with Crippen molar-refractivity contribution >= 4 is 61.9 Å². The Morgan fingerprint density at radius 2 is 1.76 bits per heavy atom. The molecule has 4 N–H and O–H groups in total. The molecule has 3 amide bonds. The number of aromatic nitrogens is 3. The normalized spacial score (nSPS) is 23.7. The third-order valence-electron chi connectivity index (χ3n) is 10.5. The third-order valence-corrected chi connectivity index (χ3v) is 12.3. The van der Waals surface area contributed by atoms with E-state index >= 15 is 0 Å². The standard InChI is InChI=1S/C38H39N7O8S/c46-32-13-14-34(53-37-35(41-26-6-3-4-7-27(26)42-37)23-10-9-21-15-16-39-29(21)18-23)45-31(25(19-33(45)47)36(48)44-54(51,52)24-11-12-24)20-40-30-17-22(30)5-1-2-8-28(32)43-38(49)50/h3-4,6-7,9-10,15-16,18,20,24-25,28,31,34,39,43H,1-2,5,8,11-14,17,19H2,(H,44,48)(H,49,50)/t25-,28-,31-,34+/m0/s1. The molecule has 0 bridgehead atoms. The number of amides is 3. The molecule has 280 valence electrons. The van der Waals surface area contributed by atoms with E-state index in [0.717, 1.165) is 28.6 Å². The van der Waals surface area contributed by atoms with Crippen LogP contribution in [0.4, 0.5) is 4.79 Å². The lowest BCUT2D eigenvalue weighted by Gasteiger charge is -2.33. The molecule has 2 aliphatic heterocycles. The Morgan fingerprint density at radius 1 is 0.963 bits per heavy atom. The van der Waals surface area contributed by atoms with Crippen molar-refractivity contribution in [3.63, 3.8) is 0 Å². The van der Waals surface area contributed by atoms with Crippen LogP contribution in [0, 0.1) is 5.92 Å². The maximum absolute atomic E-state index is 14.1. The third kappa shape index (κ3) is 7.42. The minimum atomic E-state index is -3.92. The van der Waals surface area contributed by atoms with Gasteiger partial charge in [-0.2, -0.15) is 0 Å². The minimum Gasteiger partial charge on any atom is -0.465 e. The summed E-state index contributed by atoms with van der Waals surface area (Å²) in [5.41, 5.74) is 4.88. The number of H-pyrrole nitrogens is 1. The van der Waals surface area contributed by atoms with Crippen molar-refractivity contribution in [3.05, 3.63) is 66.0 Å². The molecule has 2 aromatic carbocycles. The van der Waals surface area contributed by atoms with Crippen LogP contribution in [0.2, 0.25) is 0 Å². The molecule has 0 radical (unpaired) electrons. The molecule has 4 aliphatic rings. The molecular weight excluding hydrogens is 715 g/mol. The van der Waals surface area contributed by atoms with Crippen LogP contribution < -0.4 is 14.8 Å². The first-order valence-electron chi connectivity index (χ1n) is 18.2. The van der Waals surface area contributed by atoms with Gasteiger partial charge in [0.2, 0.25) is 27.7 Å². The number of Topliss-reactive ketones (excluding diaryl/α,β-unsaturated/α-hetero) is 1. The van der Waals surface area contributed by atoms with Crippen LogP contribution in [0.15, 0.2) is 71.0 Å². The molecule has 0 unspecified atom stereocenters. The SMILES string of the molecule is O=C(O)N[C@H]1CCCCC2=C(C2)N=C[C@H]2[C@@H](C(=O)NS(=O)(=O)C3CC3)CC(=O)N2[C@H](Oc2nc3ccccc3nc2-c2ccc3cc[nH]c3c2)CCC1=O. The van der Waals surface area contributed by atoms with Crippen molar-refractivity contribution in [2.45, 2.75) is 87.8 Å². The van der Waals surface area contributed by atoms with E-state index in [1.54, 1.807) is 12.1 Å². The second-order valence-electron chi connectivity index (χ2n) is 14.3. The molecule has 15 nitrogen and oxygen atoms in total. The lowest BCUT2D eigenvalue weighted by molar-refractivity contribution is -0.137. The highest BCUT2D eigenvalue weighted by Crippen LogP contribution is 2.39. The molecule has 4 atom stereocenters. The maximum Gasteiger partial charge on any atom is 0.405 e. The molecular formula is C38H39N7O8S. The smallest absolute Gasteiger partial charge is 0.405 e. The highest BCUT2D eigenvalue weighted by atomic mass is 32.2. The topological polar surface area (TPSA) is 213 Å². The minimum absolute atomic E-state index is 0.0649. The number of ketones is 1. The number of carbonyl (C=O) groups is 4. The summed E-state index contributed by atoms with van der Waals surface area (Å²) in [6, 6.07) is 12.9. The summed E-state index contributed by atoms with van der Waals surface area (Å²) in [6.07, 6.45) is 4.06.